The van der Waals surface area contributed by atoms with E-state index in [4.69, 9.17) is 22.1 Å². The van der Waals surface area contributed by atoms with Gasteiger partial charge in [0.25, 0.3) is 0 Å². The number of anilines is 1. The van der Waals surface area contributed by atoms with Crippen molar-refractivity contribution in [2.75, 3.05) is 5.43 Å². The average molecular weight is 382 g/mol. The van der Waals surface area contributed by atoms with Crippen molar-refractivity contribution in [1.29, 1.82) is 0 Å². The number of rotatable bonds is 6. The highest BCUT2D eigenvalue weighted by atomic mass is 35.5. The van der Waals surface area contributed by atoms with E-state index in [2.05, 4.69) is 20.5 Å². The van der Waals surface area contributed by atoms with Gasteiger partial charge in [0.1, 0.15) is 18.7 Å². The van der Waals surface area contributed by atoms with Crippen LogP contribution in [0.25, 0.3) is 11.4 Å². The number of nitrogens with zero attached hydrogens (tertiary/aromatic N) is 3. The van der Waals surface area contributed by atoms with E-state index >= 15 is 0 Å². The van der Waals surface area contributed by atoms with Crippen molar-refractivity contribution in [3.8, 4) is 17.1 Å². The quantitative estimate of drug-likeness (QED) is 0.377. The van der Waals surface area contributed by atoms with Crippen LogP contribution in [0.2, 0.25) is 5.02 Å². The third-order valence-electron chi connectivity index (χ3n) is 3.79. The van der Waals surface area contributed by atoms with Gasteiger partial charge in [-0.05, 0) is 55.8 Å². The summed E-state index contributed by atoms with van der Waals surface area (Å²) in [5.74, 6) is 1.30. The lowest BCUT2D eigenvalue weighted by Gasteiger charge is -2.12. The van der Waals surface area contributed by atoms with Gasteiger partial charge in [0.05, 0.1) is 5.69 Å². The van der Waals surface area contributed by atoms with Gasteiger partial charge in [0.15, 0.2) is 5.82 Å². The number of hydrazone groups is 1. The van der Waals surface area contributed by atoms with Crippen LogP contribution in [0.4, 0.5) is 5.69 Å². The summed E-state index contributed by atoms with van der Waals surface area (Å²) >= 11 is 5.92. The van der Waals surface area contributed by atoms with Crippen molar-refractivity contribution >= 4 is 23.6 Å². The predicted molar refractivity (Wildman–Crippen MR) is 109 cm³/mol. The van der Waals surface area contributed by atoms with Crippen LogP contribution in [-0.4, -0.2) is 16.3 Å². The van der Waals surface area contributed by atoms with E-state index in [0.29, 0.717) is 23.2 Å². The van der Waals surface area contributed by atoms with Gasteiger partial charge in [-0.2, -0.15) is 5.10 Å². The van der Waals surface area contributed by atoms with Gasteiger partial charge in [-0.25, -0.2) is 9.97 Å². The van der Waals surface area contributed by atoms with Gasteiger partial charge in [-0.3, -0.25) is 5.43 Å². The van der Waals surface area contributed by atoms with Gasteiger partial charge in [-0.15, -0.1) is 0 Å². The fraction of sp³-hybridized carbons (Fsp3) is 0.150. The minimum Gasteiger partial charge on any atom is -0.489 e. The normalized spacial score (nSPS) is 10.9. The zero-order valence-corrected chi connectivity index (χ0v) is 15.9. The Balaban J connectivity index is 1.91. The Kier molecular flexibility index (Phi) is 5.88. The van der Waals surface area contributed by atoms with Crippen LogP contribution in [0.3, 0.4) is 0 Å². The third-order valence-corrected chi connectivity index (χ3v) is 4.04. The maximum Gasteiger partial charge on any atom is 0.161 e. The second-order valence-corrected chi connectivity index (χ2v) is 6.42. The smallest absolute Gasteiger partial charge is 0.161 e. The van der Waals surface area contributed by atoms with Crippen molar-refractivity contribution in [2.24, 2.45) is 10.8 Å². The molecule has 2 aromatic carbocycles. The summed E-state index contributed by atoms with van der Waals surface area (Å²) in [6.45, 7) is 4.30. The van der Waals surface area contributed by atoms with Crippen LogP contribution in [0.15, 0.2) is 53.6 Å². The Labute approximate surface area is 163 Å². The lowest BCUT2D eigenvalue weighted by Crippen LogP contribution is -2.01. The predicted octanol–water partition coefficient (Wildman–Crippen LogP) is 4.31. The SMILES string of the molecule is Cc1cc(C)nc(-c2cc(OCc3ccc(Cl)cc3)ccc2NN=CN)n1. The summed E-state index contributed by atoms with van der Waals surface area (Å²) in [4.78, 5) is 9.08. The minimum absolute atomic E-state index is 0.429. The molecule has 0 aliphatic carbocycles. The fourth-order valence-corrected chi connectivity index (χ4v) is 2.72. The highest BCUT2D eigenvalue weighted by molar-refractivity contribution is 6.30. The molecule has 3 N–H and O–H groups in total. The molecule has 3 rings (SSSR count). The van der Waals surface area contributed by atoms with Gasteiger partial charge in [0.2, 0.25) is 0 Å². The molecule has 1 aromatic heterocycles. The topological polar surface area (TPSA) is 85.4 Å². The van der Waals surface area contributed by atoms with E-state index in [9.17, 15) is 0 Å². The van der Waals surface area contributed by atoms with Crippen LogP contribution in [0.1, 0.15) is 17.0 Å². The van der Waals surface area contributed by atoms with Crippen molar-refractivity contribution < 1.29 is 4.74 Å². The Bertz CT molecular complexity index is 937. The Morgan fingerprint density at radius 3 is 2.44 bits per heavy atom. The third kappa shape index (κ3) is 4.95. The molecule has 1 heterocycles. The Morgan fingerprint density at radius 2 is 1.78 bits per heavy atom. The van der Waals surface area contributed by atoms with E-state index in [0.717, 1.165) is 28.2 Å². The second-order valence-electron chi connectivity index (χ2n) is 5.99. The van der Waals surface area contributed by atoms with Crippen molar-refractivity contribution in [1.82, 2.24) is 9.97 Å². The number of aromatic nitrogens is 2. The number of aryl methyl sites for hydroxylation is 2. The monoisotopic (exact) mass is 381 g/mol. The largest absolute Gasteiger partial charge is 0.489 e. The number of hydrogen-bond acceptors (Lipinski definition) is 5. The maximum atomic E-state index is 5.92. The first kappa shape index (κ1) is 18.7. The second kappa shape index (κ2) is 8.51. The Morgan fingerprint density at radius 1 is 1.07 bits per heavy atom. The molecule has 0 fully saturated rings. The number of nitrogens with one attached hydrogen (secondary N) is 1. The highest BCUT2D eigenvalue weighted by Gasteiger charge is 2.11. The molecule has 0 aliphatic heterocycles. The molecule has 0 spiro atoms. The molecule has 0 bridgehead atoms. The van der Waals surface area contributed by atoms with Crippen LogP contribution >= 0.6 is 11.6 Å². The standard InChI is InChI=1S/C20H20ClN5O/c1-13-9-14(2)25-20(24-13)18-10-17(7-8-19(18)26-23-12-22)27-11-15-3-5-16(21)6-4-15/h3-10,12,26H,11H2,1-2H3,(H2,22,23). The lowest BCUT2D eigenvalue weighted by molar-refractivity contribution is 0.306. The van der Waals surface area contributed by atoms with Crippen LogP contribution in [-0.2, 0) is 6.61 Å². The molecule has 138 valence electrons. The van der Waals surface area contributed by atoms with Crippen LogP contribution in [0.5, 0.6) is 5.75 Å². The summed E-state index contributed by atoms with van der Waals surface area (Å²) < 4.78 is 5.92. The molecule has 27 heavy (non-hydrogen) atoms. The van der Waals surface area contributed by atoms with E-state index in [-0.39, 0.29) is 0 Å². The van der Waals surface area contributed by atoms with Crippen molar-refractivity contribution in [3.63, 3.8) is 0 Å². The first-order chi connectivity index (χ1) is 13.0. The van der Waals surface area contributed by atoms with Gasteiger partial charge >= 0.3 is 0 Å². The number of halogens is 1. The van der Waals surface area contributed by atoms with E-state index in [1.165, 1.54) is 6.34 Å². The molecule has 0 unspecified atom stereocenters. The molecule has 0 amide bonds. The van der Waals surface area contributed by atoms with E-state index in [1.54, 1.807) is 0 Å². The van der Waals surface area contributed by atoms with Gasteiger partial charge < -0.3 is 10.5 Å². The highest BCUT2D eigenvalue weighted by Crippen LogP contribution is 2.30. The first-order valence-electron chi connectivity index (χ1n) is 8.38. The molecule has 0 saturated carbocycles. The molecular formula is C20H20ClN5O. The fourth-order valence-electron chi connectivity index (χ4n) is 2.60. The number of hydrogen-bond donors (Lipinski definition) is 2. The number of nitrogens with two attached hydrogens (primary N) is 1. The first-order valence-corrected chi connectivity index (χ1v) is 8.76. The van der Waals surface area contributed by atoms with Crippen LogP contribution in [0, 0.1) is 13.8 Å². The summed E-state index contributed by atoms with van der Waals surface area (Å²) in [6, 6.07) is 15.1. The molecule has 3 aromatic rings. The number of ether oxygens (including phenoxy) is 1. The van der Waals surface area contributed by atoms with Crippen LogP contribution < -0.4 is 15.9 Å². The summed E-state index contributed by atoms with van der Waals surface area (Å²) in [6.07, 6.45) is 1.19. The number of benzene rings is 2. The molecule has 0 saturated heterocycles. The Hall–Kier alpha value is -3.12. The summed E-state index contributed by atoms with van der Waals surface area (Å²) in [7, 11) is 0. The zero-order chi connectivity index (χ0) is 19.2. The average Bonchev–Trinajstić information content (AvgIpc) is 2.65. The van der Waals surface area contributed by atoms with E-state index in [1.807, 2.05) is 62.4 Å². The summed E-state index contributed by atoms with van der Waals surface area (Å²) in [5, 5.41) is 4.60. The molecule has 6 nitrogen and oxygen atoms in total. The lowest BCUT2D eigenvalue weighted by atomic mass is 10.1. The summed E-state index contributed by atoms with van der Waals surface area (Å²) in [5.41, 5.74) is 12.6. The zero-order valence-electron chi connectivity index (χ0n) is 15.1. The molecule has 0 atom stereocenters. The molecule has 0 radical (unpaired) electrons. The van der Waals surface area contributed by atoms with Gasteiger partial charge in [-0.1, -0.05) is 23.7 Å². The van der Waals surface area contributed by atoms with Crippen molar-refractivity contribution in [3.05, 3.63) is 70.5 Å². The molecular weight excluding hydrogens is 362 g/mol. The molecule has 7 heteroatoms. The maximum absolute atomic E-state index is 5.92. The van der Waals surface area contributed by atoms with E-state index < -0.39 is 0 Å². The minimum atomic E-state index is 0.429. The van der Waals surface area contributed by atoms with Gasteiger partial charge in [0, 0.05) is 22.0 Å². The molecule has 0 aliphatic rings. The van der Waals surface area contributed by atoms with Crippen molar-refractivity contribution in [2.45, 2.75) is 20.5 Å².